The van der Waals surface area contributed by atoms with Crippen molar-refractivity contribution in [3.05, 3.63) is 75.6 Å². The lowest BCUT2D eigenvalue weighted by atomic mass is 10.1. The van der Waals surface area contributed by atoms with Gasteiger partial charge in [-0.05, 0) is 54.8 Å². The topological polar surface area (TPSA) is 64.3 Å². The van der Waals surface area contributed by atoms with E-state index in [0.717, 1.165) is 16.8 Å². The monoisotopic (exact) mass is 376 g/mol. The number of nitrogens with one attached hydrogen (secondary N) is 1. The number of rotatable bonds is 4. The lowest BCUT2D eigenvalue weighted by Gasteiger charge is -2.05. The fourth-order valence-corrected chi connectivity index (χ4v) is 3.50. The van der Waals surface area contributed by atoms with Gasteiger partial charge in [-0.15, -0.1) is 10.2 Å². The van der Waals surface area contributed by atoms with Crippen molar-refractivity contribution in [2.45, 2.75) is 27.3 Å². The summed E-state index contributed by atoms with van der Waals surface area (Å²) >= 11 is 5.65. The number of tetrazole rings is 1. The fourth-order valence-electron chi connectivity index (χ4n) is 3.19. The van der Waals surface area contributed by atoms with E-state index in [1.807, 2.05) is 16.9 Å². The molecule has 0 unspecified atom stereocenters. The third-order valence-electron chi connectivity index (χ3n) is 4.34. The highest BCUT2D eigenvalue weighted by atomic mass is 32.1. The van der Waals surface area contributed by atoms with Gasteiger partial charge in [0.15, 0.2) is 0 Å². The third-order valence-corrected chi connectivity index (χ3v) is 4.74. The van der Waals surface area contributed by atoms with Gasteiger partial charge in [-0.1, -0.05) is 48.1 Å². The van der Waals surface area contributed by atoms with E-state index in [4.69, 9.17) is 12.2 Å². The molecule has 0 radical (unpaired) electrons. The molecule has 0 saturated carbocycles. The van der Waals surface area contributed by atoms with Gasteiger partial charge in [0.05, 0.1) is 17.8 Å². The molecule has 2 aromatic carbocycles. The molecule has 6 nitrogen and oxygen atoms in total. The number of aryl methyl sites for hydroxylation is 3. The highest BCUT2D eigenvalue weighted by Gasteiger charge is 2.13. The number of hydrogen-bond donors (Lipinski definition) is 1. The number of aromatic amines is 1. The van der Waals surface area contributed by atoms with Gasteiger partial charge in [-0.25, -0.2) is 4.68 Å². The summed E-state index contributed by atoms with van der Waals surface area (Å²) in [5.41, 5.74) is 6.48. The Morgan fingerprint density at radius 1 is 1.00 bits per heavy atom. The average molecular weight is 376 g/mol. The summed E-state index contributed by atoms with van der Waals surface area (Å²) < 4.78 is 2.50. The second-order valence-corrected chi connectivity index (χ2v) is 7.19. The van der Waals surface area contributed by atoms with E-state index in [0.29, 0.717) is 17.0 Å². The van der Waals surface area contributed by atoms with E-state index in [9.17, 15) is 0 Å². The first kappa shape index (κ1) is 17.4. The minimum absolute atomic E-state index is 0.520. The summed E-state index contributed by atoms with van der Waals surface area (Å²) in [6, 6.07) is 14.6. The first-order chi connectivity index (χ1) is 13.0. The van der Waals surface area contributed by atoms with Gasteiger partial charge in [0, 0.05) is 6.20 Å². The van der Waals surface area contributed by atoms with Crippen LogP contribution in [0.2, 0.25) is 0 Å². The highest BCUT2D eigenvalue weighted by Crippen LogP contribution is 2.20. The van der Waals surface area contributed by atoms with E-state index in [2.05, 4.69) is 77.7 Å². The number of nitrogens with zero attached hydrogens (tertiary/aromatic N) is 5. The zero-order chi connectivity index (χ0) is 19.0. The third kappa shape index (κ3) is 3.59. The number of benzene rings is 2. The van der Waals surface area contributed by atoms with Crippen molar-refractivity contribution in [3.63, 3.8) is 0 Å². The Hall–Kier alpha value is -3.06. The van der Waals surface area contributed by atoms with Crippen LogP contribution in [-0.4, -0.2) is 30.0 Å². The quantitative estimate of drug-likeness (QED) is 0.543. The maximum atomic E-state index is 5.65. The zero-order valence-corrected chi connectivity index (χ0v) is 16.3. The smallest absolute Gasteiger partial charge is 0.209 e. The largest absolute Gasteiger partial charge is 0.299 e. The molecule has 0 saturated heterocycles. The second-order valence-electron chi connectivity index (χ2n) is 6.81. The molecule has 4 aromatic rings. The summed E-state index contributed by atoms with van der Waals surface area (Å²) in [6.45, 7) is 6.78. The molecule has 4 rings (SSSR count). The Bertz CT molecular complexity index is 1150. The molecule has 0 aliphatic heterocycles. The van der Waals surface area contributed by atoms with Gasteiger partial charge in [-0.2, -0.15) is 4.80 Å². The van der Waals surface area contributed by atoms with Gasteiger partial charge >= 0.3 is 0 Å². The minimum atomic E-state index is 0.520. The summed E-state index contributed by atoms with van der Waals surface area (Å²) in [4.78, 5) is 1.59. The number of hydrogen-bond acceptors (Lipinski definition) is 4. The fraction of sp³-hybridized carbons (Fsp3) is 0.200. The molecule has 7 heteroatoms. The maximum Gasteiger partial charge on any atom is 0.209 e. The van der Waals surface area contributed by atoms with Crippen LogP contribution in [0.5, 0.6) is 0 Å². The molecule has 0 spiro atoms. The molecule has 27 heavy (non-hydrogen) atoms. The lowest BCUT2D eigenvalue weighted by molar-refractivity contribution is 0.572. The van der Waals surface area contributed by atoms with Gasteiger partial charge in [0.1, 0.15) is 4.64 Å². The average Bonchev–Trinajstić information content (AvgIpc) is 3.20. The Kier molecular flexibility index (Phi) is 4.45. The first-order valence-corrected chi connectivity index (χ1v) is 9.13. The van der Waals surface area contributed by atoms with E-state index in [1.165, 1.54) is 16.7 Å². The Labute approximate surface area is 162 Å². The van der Waals surface area contributed by atoms with Gasteiger partial charge in [0.25, 0.3) is 0 Å². The van der Waals surface area contributed by atoms with E-state index >= 15 is 0 Å². The SMILES string of the molecule is Cc1cccc(Cn2nnc(-c3c[nH]n(-c4cc(C)cc(C)c4)c3=S)n2)c1. The molecule has 0 aliphatic rings. The van der Waals surface area contributed by atoms with Crippen LogP contribution in [0.25, 0.3) is 17.1 Å². The van der Waals surface area contributed by atoms with Crippen LogP contribution in [0.3, 0.4) is 0 Å². The normalized spacial score (nSPS) is 11.1. The molecule has 2 heterocycles. The summed E-state index contributed by atoms with van der Waals surface area (Å²) in [5.74, 6) is 0.520. The lowest BCUT2D eigenvalue weighted by Crippen LogP contribution is -2.04. The van der Waals surface area contributed by atoms with Crippen LogP contribution in [-0.2, 0) is 6.54 Å². The summed E-state index contributed by atoms with van der Waals surface area (Å²) in [5, 5.41) is 16.1. The Morgan fingerprint density at radius 3 is 2.52 bits per heavy atom. The van der Waals surface area contributed by atoms with E-state index < -0.39 is 0 Å². The van der Waals surface area contributed by atoms with Crippen molar-refractivity contribution in [1.29, 1.82) is 0 Å². The molecule has 2 aromatic heterocycles. The van der Waals surface area contributed by atoms with Crippen LogP contribution >= 0.6 is 12.2 Å². The molecular weight excluding hydrogens is 356 g/mol. The first-order valence-electron chi connectivity index (χ1n) is 8.72. The summed E-state index contributed by atoms with van der Waals surface area (Å²) in [7, 11) is 0. The van der Waals surface area contributed by atoms with Gasteiger partial charge in [-0.3, -0.25) is 5.10 Å². The van der Waals surface area contributed by atoms with Gasteiger partial charge < -0.3 is 0 Å². The molecule has 1 N–H and O–H groups in total. The van der Waals surface area contributed by atoms with Crippen LogP contribution < -0.4 is 0 Å². The molecule has 0 aliphatic carbocycles. The van der Waals surface area contributed by atoms with Crippen molar-refractivity contribution >= 4 is 12.2 Å². The van der Waals surface area contributed by atoms with Crippen LogP contribution in [0.15, 0.2) is 48.7 Å². The molecule has 136 valence electrons. The predicted molar refractivity (Wildman–Crippen MR) is 108 cm³/mol. The van der Waals surface area contributed by atoms with Crippen molar-refractivity contribution in [1.82, 2.24) is 30.0 Å². The molecule has 0 atom stereocenters. The standard InChI is InChI=1S/C20H20N6S/c1-13-5-4-6-16(8-13)12-25-23-19(22-24-25)18-11-21-26(20(18)27)17-9-14(2)7-15(3)10-17/h4-11,21H,12H2,1-3H3. The minimum Gasteiger partial charge on any atom is -0.299 e. The van der Waals surface area contributed by atoms with E-state index in [1.54, 1.807) is 4.80 Å². The van der Waals surface area contributed by atoms with Crippen molar-refractivity contribution in [2.24, 2.45) is 0 Å². The van der Waals surface area contributed by atoms with Crippen molar-refractivity contribution < 1.29 is 0 Å². The predicted octanol–water partition coefficient (Wildman–Crippen LogP) is 4.16. The van der Waals surface area contributed by atoms with Crippen LogP contribution in [0.1, 0.15) is 22.3 Å². The number of aromatic nitrogens is 6. The Balaban J connectivity index is 1.64. The van der Waals surface area contributed by atoms with Crippen LogP contribution in [0.4, 0.5) is 0 Å². The van der Waals surface area contributed by atoms with Crippen molar-refractivity contribution in [3.8, 4) is 17.1 Å². The zero-order valence-electron chi connectivity index (χ0n) is 15.5. The maximum absolute atomic E-state index is 5.65. The Morgan fingerprint density at radius 2 is 1.78 bits per heavy atom. The highest BCUT2D eigenvalue weighted by molar-refractivity contribution is 7.71. The molecule has 0 fully saturated rings. The van der Waals surface area contributed by atoms with Crippen molar-refractivity contribution in [2.75, 3.05) is 0 Å². The van der Waals surface area contributed by atoms with E-state index in [-0.39, 0.29) is 0 Å². The van der Waals surface area contributed by atoms with Gasteiger partial charge in [0.2, 0.25) is 5.82 Å². The molecule has 0 amide bonds. The number of H-pyrrole nitrogens is 1. The molecular formula is C20H20N6S. The van der Waals surface area contributed by atoms with Crippen LogP contribution in [0, 0.1) is 25.4 Å². The molecule has 0 bridgehead atoms. The second kappa shape index (κ2) is 6.92. The summed E-state index contributed by atoms with van der Waals surface area (Å²) in [6.07, 6.45) is 1.83.